The standard InChI is InChI=1S/C12H21N3O4S/c1-9(19-3)4-5-10-13-14-12(20-8-11(16)17)15(10)6-7-18-2/h9H,4-8H2,1-3H3,(H,16,17). The van der Waals surface area contributed by atoms with Crippen molar-refractivity contribution in [3.05, 3.63) is 5.82 Å². The second-order valence-electron chi connectivity index (χ2n) is 4.31. The number of aliphatic carboxylic acids is 1. The second-order valence-corrected chi connectivity index (χ2v) is 5.25. The fourth-order valence-corrected chi connectivity index (χ4v) is 2.30. The molecule has 1 aromatic heterocycles. The summed E-state index contributed by atoms with van der Waals surface area (Å²) < 4.78 is 12.2. The average Bonchev–Trinajstić information content (AvgIpc) is 2.82. The van der Waals surface area contributed by atoms with Gasteiger partial charge < -0.3 is 19.1 Å². The zero-order valence-corrected chi connectivity index (χ0v) is 12.9. The molecule has 114 valence electrons. The van der Waals surface area contributed by atoms with Gasteiger partial charge in [-0.2, -0.15) is 0 Å². The predicted molar refractivity (Wildman–Crippen MR) is 75.0 cm³/mol. The van der Waals surface area contributed by atoms with E-state index in [1.807, 2.05) is 11.5 Å². The minimum Gasteiger partial charge on any atom is -0.481 e. The van der Waals surface area contributed by atoms with Crippen molar-refractivity contribution < 1.29 is 19.4 Å². The van der Waals surface area contributed by atoms with Gasteiger partial charge in [0.15, 0.2) is 5.16 Å². The van der Waals surface area contributed by atoms with E-state index < -0.39 is 5.97 Å². The molecule has 8 heteroatoms. The largest absolute Gasteiger partial charge is 0.481 e. The fourth-order valence-electron chi connectivity index (χ4n) is 1.59. The summed E-state index contributed by atoms with van der Waals surface area (Å²) in [7, 11) is 3.30. The van der Waals surface area contributed by atoms with Crippen LogP contribution in [0.5, 0.6) is 0 Å². The van der Waals surface area contributed by atoms with Gasteiger partial charge in [-0.25, -0.2) is 0 Å². The van der Waals surface area contributed by atoms with Gasteiger partial charge in [-0.1, -0.05) is 11.8 Å². The molecule has 0 spiro atoms. The Hall–Kier alpha value is -1.12. The van der Waals surface area contributed by atoms with Crippen molar-refractivity contribution in [3.8, 4) is 0 Å². The van der Waals surface area contributed by atoms with Gasteiger partial charge in [-0.15, -0.1) is 10.2 Å². The number of carboxylic acids is 1. The Bertz CT molecular complexity index is 425. The summed E-state index contributed by atoms with van der Waals surface area (Å²) in [5.74, 6) is -0.0655. The Morgan fingerprint density at radius 2 is 2.20 bits per heavy atom. The molecule has 0 aromatic carbocycles. The van der Waals surface area contributed by atoms with Crippen molar-refractivity contribution in [2.24, 2.45) is 0 Å². The Labute approximate surface area is 122 Å². The highest BCUT2D eigenvalue weighted by molar-refractivity contribution is 7.99. The number of ether oxygens (including phenoxy) is 2. The van der Waals surface area contributed by atoms with Crippen LogP contribution < -0.4 is 0 Å². The summed E-state index contributed by atoms with van der Waals surface area (Å²) in [6.45, 7) is 3.14. The molecule has 0 aliphatic heterocycles. The summed E-state index contributed by atoms with van der Waals surface area (Å²) in [6, 6.07) is 0. The maximum absolute atomic E-state index is 10.6. The van der Waals surface area contributed by atoms with Crippen molar-refractivity contribution in [3.63, 3.8) is 0 Å². The third kappa shape index (κ3) is 5.48. The molecule has 1 unspecified atom stereocenters. The quantitative estimate of drug-likeness (QED) is 0.647. The van der Waals surface area contributed by atoms with Crippen LogP contribution in [0.15, 0.2) is 5.16 Å². The smallest absolute Gasteiger partial charge is 0.313 e. The van der Waals surface area contributed by atoms with Crippen molar-refractivity contribution in [2.75, 3.05) is 26.6 Å². The first-order chi connectivity index (χ1) is 9.58. The number of hydrogen-bond donors (Lipinski definition) is 1. The molecule has 1 heterocycles. The van der Waals surface area contributed by atoms with Gasteiger partial charge in [0.1, 0.15) is 5.82 Å². The molecule has 1 atom stereocenters. The molecule has 0 saturated heterocycles. The summed E-state index contributed by atoms with van der Waals surface area (Å²) >= 11 is 1.17. The molecule has 20 heavy (non-hydrogen) atoms. The molecule has 0 fully saturated rings. The average molecular weight is 303 g/mol. The first kappa shape index (κ1) is 16.9. The van der Waals surface area contributed by atoms with Gasteiger partial charge in [0, 0.05) is 27.2 Å². The number of thioether (sulfide) groups is 1. The monoisotopic (exact) mass is 303 g/mol. The van der Waals surface area contributed by atoms with Gasteiger partial charge in [-0.05, 0) is 13.3 Å². The van der Waals surface area contributed by atoms with E-state index in [0.29, 0.717) is 18.3 Å². The van der Waals surface area contributed by atoms with Crippen molar-refractivity contribution in [1.29, 1.82) is 0 Å². The molecule has 0 amide bonds. The molecular formula is C12H21N3O4S. The Balaban J connectivity index is 2.73. The van der Waals surface area contributed by atoms with Gasteiger partial charge in [-0.3, -0.25) is 4.79 Å². The third-order valence-electron chi connectivity index (χ3n) is 2.81. The van der Waals surface area contributed by atoms with Crippen LogP contribution >= 0.6 is 11.8 Å². The van der Waals surface area contributed by atoms with Crippen LogP contribution in [0.1, 0.15) is 19.2 Å². The molecule has 1 aromatic rings. The maximum atomic E-state index is 10.6. The molecule has 1 rings (SSSR count). The number of hydrogen-bond acceptors (Lipinski definition) is 6. The SMILES string of the molecule is COCCn1c(CCC(C)OC)nnc1SCC(=O)O. The maximum Gasteiger partial charge on any atom is 0.313 e. The molecule has 7 nitrogen and oxygen atoms in total. The van der Waals surface area contributed by atoms with E-state index >= 15 is 0 Å². The van der Waals surface area contributed by atoms with Crippen LogP contribution in [-0.2, 0) is 27.2 Å². The van der Waals surface area contributed by atoms with E-state index in [1.54, 1.807) is 14.2 Å². The van der Waals surface area contributed by atoms with Crippen molar-refractivity contribution in [2.45, 2.75) is 37.6 Å². The molecule has 0 bridgehead atoms. The summed E-state index contributed by atoms with van der Waals surface area (Å²) in [5, 5.41) is 17.6. The van der Waals surface area contributed by atoms with Gasteiger partial charge in [0.25, 0.3) is 0 Å². The first-order valence-electron chi connectivity index (χ1n) is 6.36. The van der Waals surface area contributed by atoms with E-state index in [4.69, 9.17) is 14.6 Å². The van der Waals surface area contributed by atoms with Crippen LogP contribution in [0, 0.1) is 0 Å². The first-order valence-corrected chi connectivity index (χ1v) is 7.35. The summed E-state index contributed by atoms with van der Waals surface area (Å²) in [5.41, 5.74) is 0. The predicted octanol–water partition coefficient (Wildman–Crippen LogP) is 1.07. The molecule has 0 aliphatic carbocycles. The highest BCUT2D eigenvalue weighted by Gasteiger charge is 2.14. The minimum atomic E-state index is -0.870. The van der Waals surface area contributed by atoms with E-state index in [-0.39, 0.29) is 11.9 Å². The van der Waals surface area contributed by atoms with Gasteiger partial charge in [0.05, 0.1) is 18.5 Å². The lowest BCUT2D eigenvalue weighted by atomic mass is 10.2. The van der Waals surface area contributed by atoms with Crippen LogP contribution in [-0.4, -0.2) is 58.5 Å². The van der Waals surface area contributed by atoms with Gasteiger partial charge in [0.2, 0.25) is 0 Å². The Morgan fingerprint density at radius 1 is 1.45 bits per heavy atom. The van der Waals surface area contributed by atoms with E-state index in [2.05, 4.69) is 10.2 Å². The topological polar surface area (TPSA) is 86.5 Å². The number of carbonyl (C=O) groups is 1. The normalized spacial score (nSPS) is 12.6. The second kappa shape index (κ2) is 8.93. The molecular weight excluding hydrogens is 282 g/mol. The molecule has 0 aliphatic rings. The highest BCUT2D eigenvalue weighted by Crippen LogP contribution is 2.18. The molecule has 1 N–H and O–H groups in total. The molecule has 0 radical (unpaired) electrons. The van der Waals surface area contributed by atoms with Crippen molar-refractivity contribution >= 4 is 17.7 Å². The Morgan fingerprint density at radius 3 is 2.80 bits per heavy atom. The summed E-state index contributed by atoms with van der Waals surface area (Å²) in [4.78, 5) is 10.6. The fraction of sp³-hybridized carbons (Fsp3) is 0.750. The number of aromatic nitrogens is 3. The lowest BCUT2D eigenvalue weighted by Crippen LogP contribution is -2.13. The zero-order valence-electron chi connectivity index (χ0n) is 12.0. The third-order valence-corrected chi connectivity index (χ3v) is 3.77. The number of aryl methyl sites for hydroxylation is 1. The molecule has 0 saturated carbocycles. The highest BCUT2D eigenvalue weighted by atomic mass is 32.2. The summed E-state index contributed by atoms with van der Waals surface area (Å²) in [6.07, 6.45) is 1.72. The number of carboxylic acid groups (broad SMARTS) is 1. The van der Waals surface area contributed by atoms with Gasteiger partial charge >= 0.3 is 5.97 Å². The number of rotatable bonds is 10. The van der Waals surface area contributed by atoms with Crippen molar-refractivity contribution in [1.82, 2.24) is 14.8 Å². The lowest BCUT2D eigenvalue weighted by molar-refractivity contribution is -0.133. The van der Waals surface area contributed by atoms with Crippen LogP contribution in [0.3, 0.4) is 0 Å². The minimum absolute atomic E-state index is 0.0282. The van der Waals surface area contributed by atoms with E-state index in [1.165, 1.54) is 11.8 Å². The zero-order chi connectivity index (χ0) is 15.0. The number of methoxy groups -OCH3 is 2. The van der Waals surface area contributed by atoms with E-state index in [0.717, 1.165) is 18.7 Å². The number of nitrogens with zero attached hydrogens (tertiary/aromatic N) is 3. The lowest BCUT2D eigenvalue weighted by Gasteiger charge is -2.11. The van der Waals surface area contributed by atoms with Crippen LogP contribution in [0.4, 0.5) is 0 Å². The van der Waals surface area contributed by atoms with Crippen LogP contribution in [0.2, 0.25) is 0 Å². The Kier molecular flexibility index (Phi) is 7.56. The van der Waals surface area contributed by atoms with E-state index in [9.17, 15) is 4.79 Å². The van der Waals surface area contributed by atoms with Crippen LogP contribution in [0.25, 0.3) is 0 Å².